The summed E-state index contributed by atoms with van der Waals surface area (Å²) in [5.74, 6) is -1.72. The van der Waals surface area contributed by atoms with E-state index in [1.165, 1.54) is 17.8 Å². The van der Waals surface area contributed by atoms with Gasteiger partial charge in [0.1, 0.15) is 0 Å². The monoisotopic (exact) mass is 320 g/mol. The number of carboxylic acids is 1. The topological polar surface area (TPSA) is 92.5 Å². The number of carboxylic acid groups (broad SMARTS) is 1. The van der Waals surface area contributed by atoms with Crippen molar-refractivity contribution < 1.29 is 14.8 Å². The molecule has 2 rings (SSSR count). The highest BCUT2D eigenvalue weighted by molar-refractivity contribution is 8.02. The maximum Gasteiger partial charge on any atom is 0.334 e. The summed E-state index contributed by atoms with van der Waals surface area (Å²) in [5.41, 5.74) is 1.79. The predicted molar refractivity (Wildman–Crippen MR) is 85.5 cm³/mol. The fourth-order valence-corrected chi connectivity index (χ4v) is 3.56. The number of aliphatic carboxylic acids is 1. The molecule has 1 aliphatic rings. The Balaban J connectivity index is 2.74. The van der Waals surface area contributed by atoms with E-state index in [9.17, 15) is 20.0 Å². The first-order valence-electron chi connectivity index (χ1n) is 6.57. The van der Waals surface area contributed by atoms with Gasteiger partial charge < -0.3 is 10.4 Å². The summed E-state index contributed by atoms with van der Waals surface area (Å²) in [7, 11) is 0. The minimum absolute atomic E-state index is 0.0692. The predicted octanol–water partition coefficient (Wildman–Crippen LogP) is 3.23. The number of carbonyl (C=O) groups is 1. The summed E-state index contributed by atoms with van der Waals surface area (Å²) >= 11 is 1.40. The number of nitro groups is 1. The van der Waals surface area contributed by atoms with Gasteiger partial charge in [-0.25, -0.2) is 4.79 Å². The van der Waals surface area contributed by atoms with Gasteiger partial charge in [-0.15, -0.1) is 11.8 Å². The first kappa shape index (κ1) is 16.1. The van der Waals surface area contributed by atoms with Crippen molar-refractivity contribution >= 4 is 23.4 Å². The second kappa shape index (κ2) is 6.23. The standard InChI is InChI=1S/C15H16N2O4S/c1-8-12(15(18)19)13(14(22-3)9(2)16-8)10-6-4-5-7-11(10)17(20)21/h4-7,13,16H,1-3H3,(H,18,19). The maximum atomic E-state index is 11.7. The highest BCUT2D eigenvalue weighted by Crippen LogP contribution is 2.45. The maximum absolute atomic E-state index is 11.7. The summed E-state index contributed by atoms with van der Waals surface area (Å²) in [4.78, 5) is 23.3. The van der Waals surface area contributed by atoms with E-state index in [4.69, 9.17) is 0 Å². The van der Waals surface area contributed by atoms with Crippen molar-refractivity contribution in [3.05, 3.63) is 61.8 Å². The van der Waals surface area contributed by atoms with Crippen LogP contribution in [-0.2, 0) is 4.79 Å². The molecule has 1 heterocycles. The molecule has 0 saturated heterocycles. The molecule has 1 aliphatic heterocycles. The van der Waals surface area contributed by atoms with Gasteiger partial charge in [-0.05, 0) is 20.1 Å². The van der Waals surface area contributed by atoms with Crippen LogP contribution in [0.2, 0.25) is 0 Å². The van der Waals surface area contributed by atoms with E-state index in [0.717, 1.165) is 10.6 Å². The highest BCUT2D eigenvalue weighted by atomic mass is 32.2. The molecule has 1 atom stereocenters. The normalized spacial score (nSPS) is 18.2. The van der Waals surface area contributed by atoms with Gasteiger partial charge >= 0.3 is 5.97 Å². The van der Waals surface area contributed by atoms with Crippen LogP contribution in [0.3, 0.4) is 0 Å². The molecule has 116 valence electrons. The SMILES string of the molecule is CSC1=C(C)NC(C)=C(C(=O)O)C1c1ccccc1[N+](=O)[O-]. The third kappa shape index (κ3) is 2.71. The van der Waals surface area contributed by atoms with E-state index in [2.05, 4.69) is 5.32 Å². The lowest BCUT2D eigenvalue weighted by molar-refractivity contribution is -0.385. The van der Waals surface area contributed by atoms with Crippen molar-refractivity contribution in [1.82, 2.24) is 5.32 Å². The van der Waals surface area contributed by atoms with Gasteiger partial charge in [0.25, 0.3) is 5.69 Å². The second-order valence-corrected chi connectivity index (χ2v) is 5.76. The first-order valence-corrected chi connectivity index (χ1v) is 7.80. The van der Waals surface area contributed by atoms with Crippen molar-refractivity contribution in [2.75, 3.05) is 6.26 Å². The number of hydrogen-bond acceptors (Lipinski definition) is 5. The Morgan fingerprint density at radius 1 is 1.32 bits per heavy atom. The minimum atomic E-state index is -1.08. The molecule has 0 fully saturated rings. The summed E-state index contributed by atoms with van der Waals surface area (Å²) in [5, 5.41) is 23.9. The van der Waals surface area contributed by atoms with Crippen molar-refractivity contribution in [2.24, 2.45) is 0 Å². The quantitative estimate of drug-likeness (QED) is 0.653. The zero-order valence-electron chi connectivity index (χ0n) is 12.4. The van der Waals surface area contributed by atoms with Crippen LogP contribution >= 0.6 is 11.8 Å². The molecule has 1 aromatic carbocycles. The van der Waals surface area contributed by atoms with Crippen molar-refractivity contribution in [3.8, 4) is 0 Å². The van der Waals surface area contributed by atoms with Crippen LogP contribution in [0.15, 0.2) is 46.1 Å². The first-order chi connectivity index (χ1) is 10.4. The highest BCUT2D eigenvalue weighted by Gasteiger charge is 2.36. The molecular formula is C15H16N2O4S. The molecule has 1 aromatic rings. The van der Waals surface area contributed by atoms with Crippen LogP contribution in [-0.4, -0.2) is 22.3 Å². The number of nitrogens with one attached hydrogen (secondary N) is 1. The van der Waals surface area contributed by atoms with Crippen molar-refractivity contribution in [1.29, 1.82) is 0 Å². The van der Waals surface area contributed by atoms with Crippen LogP contribution < -0.4 is 5.32 Å². The number of allylic oxidation sites excluding steroid dienone is 3. The molecular weight excluding hydrogens is 304 g/mol. The van der Waals surface area contributed by atoms with E-state index in [-0.39, 0.29) is 11.3 Å². The number of rotatable bonds is 4. The number of dihydropyridines is 1. The van der Waals surface area contributed by atoms with Gasteiger partial charge in [-0.2, -0.15) is 0 Å². The number of nitro benzene ring substituents is 1. The average molecular weight is 320 g/mol. The Morgan fingerprint density at radius 3 is 2.50 bits per heavy atom. The molecule has 0 aliphatic carbocycles. The Bertz CT molecular complexity index is 709. The number of nitrogens with zero attached hydrogens (tertiary/aromatic N) is 1. The molecule has 1 unspecified atom stereocenters. The third-order valence-electron chi connectivity index (χ3n) is 3.59. The lowest BCUT2D eigenvalue weighted by Gasteiger charge is -2.29. The summed E-state index contributed by atoms with van der Waals surface area (Å²) < 4.78 is 0. The van der Waals surface area contributed by atoms with E-state index < -0.39 is 16.8 Å². The number of thioether (sulfide) groups is 1. The molecule has 2 N–H and O–H groups in total. The van der Waals surface area contributed by atoms with Crippen LogP contribution in [0.4, 0.5) is 5.69 Å². The Hall–Kier alpha value is -2.28. The molecule has 0 amide bonds. The smallest absolute Gasteiger partial charge is 0.334 e. The average Bonchev–Trinajstić information content (AvgIpc) is 2.45. The Kier molecular flexibility index (Phi) is 4.56. The zero-order valence-corrected chi connectivity index (χ0v) is 13.2. The summed E-state index contributed by atoms with van der Waals surface area (Å²) in [6.07, 6.45) is 1.84. The van der Waals surface area contributed by atoms with Gasteiger partial charge in [0.05, 0.1) is 16.4 Å². The summed E-state index contributed by atoms with van der Waals surface area (Å²) in [6.45, 7) is 3.52. The lowest BCUT2D eigenvalue weighted by Crippen LogP contribution is -2.27. The zero-order chi connectivity index (χ0) is 16.4. The Labute approximate surface area is 132 Å². The molecule has 0 radical (unpaired) electrons. The van der Waals surface area contributed by atoms with Crippen molar-refractivity contribution in [3.63, 3.8) is 0 Å². The van der Waals surface area contributed by atoms with E-state index in [0.29, 0.717) is 11.3 Å². The minimum Gasteiger partial charge on any atom is -0.478 e. The fourth-order valence-electron chi connectivity index (χ4n) is 2.72. The third-order valence-corrected chi connectivity index (χ3v) is 4.58. The lowest BCUT2D eigenvalue weighted by atomic mass is 9.85. The molecule has 22 heavy (non-hydrogen) atoms. The van der Waals surface area contributed by atoms with E-state index >= 15 is 0 Å². The van der Waals surface area contributed by atoms with Crippen LogP contribution in [0.25, 0.3) is 0 Å². The van der Waals surface area contributed by atoms with E-state index in [1.54, 1.807) is 25.1 Å². The molecule has 0 aromatic heterocycles. The van der Waals surface area contributed by atoms with Crippen LogP contribution in [0.1, 0.15) is 25.3 Å². The number of hydrogen-bond donors (Lipinski definition) is 2. The van der Waals surface area contributed by atoms with Gasteiger partial charge in [-0.3, -0.25) is 10.1 Å². The van der Waals surface area contributed by atoms with Crippen LogP contribution in [0, 0.1) is 10.1 Å². The van der Waals surface area contributed by atoms with Crippen LogP contribution in [0.5, 0.6) is 0 Å². The summed E-state index contributed by atoms with van der Waals surface area (Å²) in [6, 6.07) is 6.29. The molecule has 0 saturated carbocycles. The Morgan fingerprint density at radius 2 is 1.95 bits per heavy atom. The fraction of sp³-hybridized carbons (Fsp3) is 0.267. The van der Waals surface area contributed by atoms with Crippen molar-refractivity contribution in [2.45, 2.75) is 19.8 Å². The number of benzene rings is 1. The van der Waals surface area contributed by atoms with Gasteiger partial charge in [-0.1, -0.05) is 18.2 Å². The van der Waals surface area contributed by atoms with Gasteiger partial charge in [0.2, 0.25) is 0 Å². The largest absolute Gasteiger partial charge is 0.478 e. The van der Waals surface area contributed by atoms with E-state index in [1.807, 2.05) is 13.2 Å². The number of para-hydroxylation sites is 1. The molecule has 0 spiro atoms. The van der Waals surface area contributed by atoms with Gasteiger partial charge in [0, 0.05) is 27.9 Å². The molecule has 0 bridgehead atoms. The van der Waals surface area contributed by atoms with Gasteiger partial charge in [0.15, 0.2) is 0 Å². The second-order valence-electron chi connectivity index (χ2n) is 4.91. The molecule has 7 heteroatoms. The molecule has 6 nitrogen and oxygen atoms in total.